The zero-order chi connectivity index (χ0) is 15.9. The molecule has 1 aromatic carbocycles. The number of hydrogen-bond donors (Lipinski definition) is 3. The summed E-state index contributed by atoms with van der Waals surface area (Å²) in [4.78, 5) is 11.9. The van der Waals surface area contributed by atoms with E-state index in [1.807, 2.05) is 38.1 Å². The molecule has 0 saturated heterocycles. The third kappa shape index (κ3) is 5.73. The first-order valence-electron chi connectivity index (χ1n) is 7.24. The molecule has 0 aromatic heterocycles. The Balaban J connectivity index is 2.52. The van der Waals surface area contributed by atoms with Crippen molar-refractivity contribution in [2.24, 2.45) is 5.92 Å². The maximum Gasteiger partial charge on any atom is 0.319 e. The fraction of sp³-hybridized carbons (Fsp3) is 0.562. The number of ether oxygens (including phenoxy) is 1. The number of urea groups is 1. The average molecular weight is 294 g/mol. The van der Waals surface area contributed by atoms with Gasteiger partial charge in [-0.05, 0) is 30.5 Å². The first-order chi connectivity index (χ1) is 9.89. The number of rotatable bonds is 7. The largest absolute Gasteiger partial charge is 0.388 e. The van der Waals surface area contributed by atoms with Crippen LogP contribution in [0.2, 0.25) is 0 Å². The van der Waals surface area contributed by atoms with E-state index in [0.717, 1.165) is 12.0 Å². The van der Waals surface area contributed by atoms with Crippen molar-refractivity contribution in [1.29, 1.82) is 0 Å². The minimum Gasteiger partial charge on any atom is -0.388 e. The zero-order valence-electron chi connectivity index (χ0n) is 13.3. The van der Waals surface area contributed by atoms with Gasteiger partial charge in [0.05, 0.1) is 12.2 Å². The van der Waals surface area contributed by atoms with Crippen LogP contribution in [0, 0.1) is 5.92 Å². The van der Waals surface area contributed by atoms with Crippen LogP contribution >= 0.6 is 0 Å². The molecule has 21 heavy (non-hydrogen) atoms. The molecule has 2 atom stereocenters. The van der Waals surface area contributed by atoms with Crippen molar-refractivity contribution >= 4 is 11.7 Å². The van der Waals surface area contributed by atoms with Crippen LogP contribution in [0.25, 0.3) is 0 Å². The Kier molecular flexibility index (Phi) is 6.65. The zero-order valence-corrected chi connectivity index (χ0v) is 13.3. The Morgan fingerprint density at radius 1 is 1.48 bits per heavy atom. The van der Waals surface area contributed by atoms with Gasteiger partial charge in [-0.1, -0.05) is 32.4 Å². The predicted molar refractivity (Wildman–Crippen MR) is 84.3 cm³/mol. The summed E-state index contributed by atoms with van der Waals surface area (Å²) in [5.41, 5.74) is 0.774. The summed E-state index contributed by atoms with van der Waals surface area (Å²) in [5, 5.41) is 15.7. The molecular formula is C16H26N2O3. The van der Waals surface area contributed by atoms with E-state index in [0.29, 0.717) is 12.3 Å². The highest BCUT2D eigenvalue weighted by Crippen LogP contribution is 2.19. The number of carbonyl (C=O) groups excluding carboxylic acids is 1. The molecule has 0 aliphatic heterocycles. The topological polar surface area (TPSA) is 70.6 Å². The Morgan fingerprint density at radius 3 is 2.81 bits per heavy atom. The Hall–Kier alpha value is -1.59. The molecule has 0 bridgehead atoms. The third-order valence-electron chi connectivity index (χ3n) is 3.78. The monoisotopic (exact) mass is 294 g/mol. The number of hydrogen-bond acceptors (Lipinski definition) is 3. The first-order valence-corrected chi connectivity index (χ1v) is 7.24. The maximum atomic E-state index is 11.9. The summed E-state index contributed by atoms with van der Waals surface area (Å²) >= 11 is 0. The molecule has 1 rings (SSSR count). The van der Waals surface area contributed by atoms with Gasteiger partial charge in [0, 0.05) is 19.3 Å². The van der Waals surface area contributed by atoms with Crippen LogP contribution in [0.1, 0.15) is 32.8 Å². The van der Waals surface area contributed by atoms with E-state index in [4.69, 9.17) is 4.74 Å². The highest BCUT2D eigenvalue weighted by molar-refractivity contribution is 5.89. The van der Waals surface area contributed by atoms with E-state index in [1.54, 1.807) is 14.0 Å². The van der Waals surface area contributed by atoms with Crippen LogP contribution in [0.5, 0.6) is 0 Å². The normalized spacial score (nSPS) is 15.1. The van der Waals surface area contributed by atoms with Gasteiger partial charge in [-0.2, -0.15) is 0 Å². The highest BCUT2D eigenvalue weighted by atomic mass is 16.5. The van der Waals surface area contributed by atoms with Gasteiger partial charge in [-0.3, -0.25) is 0 Å². The molecule has 0 radical (unpaired) electrons. The van der Waals surface area contributed by atoms with Crippen molar-refractivity contribution < 1.29 is 14.6 Å². The standard InChI is InChI=1S/C16H26N2O3/c1-5-12(2)16(3,20)11-17-15(19)18-14-8-6-7-13(9-14)10-21-4/h6-9,12,20H,5,10-11H2,1-4H3,(H2,17,18,19). The SMILES string of the molecule is CCC(C)C(C)(O)CNC(=O)Nc1cccc(COC)c1. The average Bonchev–Trinajstić information content (AvgIpc) is 2.45. The molecule has 5 nitrogen and oxygen atoms in total. The number of carbonyl (C=O) groups is 1. The molecule has 2 unspecified atom stereocenters. The molecule has 0 fully saturated rings. The van der Waals surface area contributed by atoms with Gasteiger partial charge in [-0.15, -0.1) is 0 Å². The summed E-state index contributed by atoms with van der Waals surface area (Å²) in [6, 6.07) is 7.13. The molecule has 3 N–H and O–H groups in total. The van der Waals surface area contributed by atoms with Crippen molar-refractivity contribution in [2.45, 2.75) is 39.4 Å². The Labute approximate surface area is 126 Å². The molecule has 0 spiro atoms. The first kappa shape index (κ1) is 17.5. The number of methoxy groups -OCH3 is 1. The number of aliphatic hydroxyl groups is 1. The van der Waals surface area contributed by atoms with Crippen LogP contribution in [0.3, 0.4) is 0 Å². The molecule has 0 aliphatic carbocycles. The van der Waals surface area contributed by atoms with Gasteiger partial charge in [0.25, 0.3) is 0 Å². The summed E-state index contributed by atoms with van der Waals surface area (Å²) in [6.45, 7) is 6.43. The molecule has 2 amide bonds. The van der Waals surface area contributed by atoms with E-state index in [-0.39, 0.29) is 18.5 Å². The van der Waals surface area contributed by atoms with Crippen molar-refractivity contribution in [3.05, 3.63) is 29.8 Å². The minimum atomic E-state index is -0.913. The number of anilines is 1. The van der Waals surface area contributed by atoms with Crippen LogP contribution in [0.4, 0.5) is 10.5 Å². The van der Waals surface area contributed by atoms with Crippen LogP contribution in [-0.4, -0.2) is 30.4 Å². The van der Waals surface area contributed by atoms with Crippen LogP contribution < -0.4 is 10.6 Å². The van der Waals surface area contributed by atoms with Gasteiger partial charge in [0.15, 0.2) is 0 Å². The van der Waals surface area contributed by atoms with Crippen molar-refractivity contribution in [3.8, 4) is 0 Å². The second-order valence-corrected chi connectivity index (χ2v) is 5.61. The molecular weight excluding hydrogens is 268 g/mol. The lowest BCUT2D eigenvalue weighted by atomic mass is 9.89. The molecule has 0 aliphatic rings. The van der Waals surface area contributed by atoms with Gasteiger partial charge in [0.2, 0.25) is 0 Å². The maximum absolute atomic E-state index is 11.9. The van der Waals surface area contributed by atoms with E-state index in [2.05, 4.69) is 10.6 Å². The minimum absolute atomic E-state index is 0.114. The van der Waals surface area contributed by atoms with E-state index in [9.17, 15) is 9.90 Å². The second-order valence-electron chi connectivity index (χ2n) is 5.61. The summed E-state index contributed by atoms with van der Waals surface area (Å²) < 4.78 is 5.06. The molecule has 0 heterocycles. The Morgan fingerprint density at radius 2 is 2.19 bits per heavy atom. The lowest BCUT2D eigenvalue weighted by Crippen LogP contribution is -2.46. The summed E-state index contributed by atoms with van der Waals surface area (Å²) in [5.74, 6) is 0.114. The molecule has 0 saturated carbocycles. The van der Waals surface area contributed by atoms with Crippen LogP contribution in [-0.2, 0) is 11.3 Å². The highest BCUT2D eigenvalue weighted by Gasteiger charge is 2.27. The fourth-order valence-electron chi connectivity index (χ4n) is 1.95. The van der Waals surface area contributed by atoms with Gasteiger partial charge in [0.1, 0.15) is 0 Å². The van der Waals surface area contributed by atoms with Gasteiger partial charge >= 0.3 is 6.03 Å². The molecule has 118 valence electrons. The van der Waals surface area contributed by atoms with Crippen LogP contribution in [0.15, 0.2) is 24.3 Å². The third-order valence-corrected chi connectivity index (χ3v) is 3.78. The van der Waals surface area contributed by atoms with Gasteiger partial charge in [-0.25, -0.2) is 4.79 Å². The van der Waals surface area contributed by atoms with E-state index >= 15 is 0 Å². The molecule has 5 heteroatoms. The Bertz CT molecular complexity index is 461. The van der Waals surface area contributed by atoms with Gasteiger partial charge < -0.3 is 20.5 Å². The lowest BCUT2D eigenvalue weighted by molar-refractivity contribution is 0.00827. The number of nitrogens with one attached hydrogen (secondary N) is 2. The van der Waals surface area contributed by atoms with E-state index in [1.165, 1.54) is 0 Å². The van der Waals surface area contributed by atoms with E-state index < -0.39 is 5.60 Å². The second kappa shape index (κ2) is 8.00. The number of benzene rings is 1. The van der Waals surface area contributed by atoms with Crippen molar-refractivity contribution in [2.75, 3.05) is 19.0 Å². The fourth-order valence-corrected chi connectivity index (χ4v) is 1.95. The molecule has 1 aromatic rings. The summed E-state index contributed by atoms with van der Waals surface area (Å²) in [7, 11) is 1.63. The van der Waals surface area contributed by atoms with Crippen molar-refractivity contribution in [1.82, 2.24) is 5.32 Å². The number of amides is 2. The predicted octanol–water partition coefficient (Wildman–Crippen LogP) is 2.75. The van der Waals surface area contributed by atoms with Crippen molar-refractivity contribution in [3.63, 3.8) is 0 Å². The smallest absolute Gasteiger partial charge is 0.319 e. The quantitative estimate of drug-likeness (QED) is 0.724. The summed E-state index contributed by atoms with van der Waals surface area (Å²) in [6.07, 6.45) is 0.857. The lowest BCUT2D eigenvalue weighted by Gasteiger charge is -2.29.